The van der Waals surface area contributed by atoms with Crippen molar-refractivity contribution in [2.24, 2.45) is 0 Å². The number of nitrogens with two attached hydrogens (primary N) is 1. The first-order valence-electron chi connectivity index (χ1n) is 12.3. The smallest absolute Gasteiger partial charge is 0.169 e. The number of aromatic nitrogens is 5. The molecule has 1 saturated heterocycles. The van der Waals surface area contributed by atoms with Gasteiger partial charge < -0.3 is 25.2 Å². The number of hydrogen-bond acceptors (Lipinski definition) is 9. The van der Waals surface area contributed by atoms with Crippen molar-refractivity contribution >= 4 is 17.3 Å². The summed E-state index contributed by atoms with van der Waals surface area (Å²) in [4.78, 5) is 13.2. The molecular weight excluding hydrogens is 478 g/mol. The van der Waals surface area contributed by atoms with E-state index < -0.39 is 0 Å². The summed E-state index contributed by atoms with van der Waals surface area (Å²) in [6.45, 7) is 4.77. The fourth-order valence-corrected chi connectivity index (χ4v) is 4.50. The lowest BCUT2D eigenvalue weighted by atomic mass is 10.1. The van der Waals surface area contributed by atoms with E-state index in [1.165, 1.54) is 0 Å². The summed E-state index contributed by atoms with van der Waals surface area (Å²) in [5, 5.41) is 28.2. The normalized spacial score (nSPS) is 15.3. The van der Waals surface area contributed by atoms with Crippen LogP contribution in [0.4, 0.5) is 17.3 Å². The highest BCUT2D eigenvalue weighted by Crippen LogP contribution is 2.32. The molecule has 1 aliphatic rings. The van der Waals surface area contributed by atoms with Crippen LogP contribution in [0, 0.1) is 23.2 Å². The zero-order valence-corrected chi connectivity index (χ0v) is 21.0. The number of pyridine rings is 1. The molecule has 1 aliphatic heterocycles. The van der Waals surface area contributed by atoms with Gasteiger partial charge in [-0.3, -0.25) is 0 Å². The molecule has 0 bridgehead atoms. The largest absolute Gasteiger partial charge is 0.507 e. The highest BCUT2D eigenvalue weighted by molar-refractivity contribution is 5.74. The van der Waals surface area contributed by atoms with Gasteiger partial charge in [-0.15, -0.1) is 10.2 Å². The van der Waals surface area contributed by atoms with Crippen molar-refractivity contribution in [3.8, 4) is 34.9 Å². The summed E-state index contributed by atoms with van der Waals surface area (Å²) in [6, 6.07) is 15.0. The van der Waals surface area contributed by atoms with E-state index in [0.717, 1.165) is 24.5 Å². The average Bonchev–Trinajstić information content (AvgIpc) is 3.37. The molecule has 4 heterocycles. The molecule has 5 rings (SSSR count). The Morgan fingerprint density at radius 2 is 2.00 bits per heavy atom. The lowest BCUT2D eigenvalue weighted by Crippen LogP contribution is -2.35. The fraction of sp³-hybridized carbons (Fsp3) is 0.250. The van der Waals surface area contributed by atoms with Crippen LogP contribution >= 0.6 is 0 Å². The number of benzene rings is 1. The number of nitriles is 1. The molecule has 0 saturated carbocycles. The molecule has 1 fully saturated rings. The van der Waals surface area contributed by atoms with Crippen LogP contribution in [0.2, 0.25) is 0 Å². The third kappa shape index (κ3) is 5.20. The van der Waals surface area contributed by atoms with Gasteiger partial charge in [0.1, 0.15) is 23.3 Å². The molecule has 10 nitrogen and oxygen atoms in total. The van der Waals surface area contributed by atoms with E-state index in [2.05, 4.69) is 49.8 Å². The molecule has 0 spiro atoms. The van der Waals surface area contributed by atoms with Gasteiger partial charge >= 0.3 is 0 Å². The molecule has 10 heteroatoms. The van der Waals surface area contributed by atoms with Crippen LogP contribution in [0.25, 0.3) is 11.3 Å². The van der Waals surface area contributed by atoms with E-state index in [4.69, 9.17) is 10.7 Å². The van der Waals surface area contributed by atoms with Crippen molar-refractivity contribution in [3.05, 3.63) is 72.4 Å². The lowest BCUT2D eigenvalue weighted by molar-refractivity contribution is 0.477. The topological polar surface area (TPSA) is 133 Å². The molecule has 3 aromatic heterocycles. The molecule has 0 aliphatic carbocycles. The second-order valence-electron chi connectivity index (χ2n) is 9.05. The Labute approximate surface area is 221 Å². The first kappa shape index (κ1) is 24.6. The maximum absolute atomic E-state index is 10.3. The summed E-state index contributed by atoms with van der Waals surface area (Å²) < 4.78 is 1.86. The van der Waals surface area contributed by atoms with E-state index >= 15 is 0 Å². The maximum Gasteiger partial charge on any atom is 0.169 e. The molecule has 1 aromatic carbocycles. The third-order valence-corrected chi connectivity index (χ3v) is 6.60. The minimum Gasteiger partial charge on any atom is -0.507 e. The number of hydrogen-bond donors (Lipinski definition) is 2. The standard InChI is InChI=1S/C28H27N9O/c1-20-10-13-36(25-17-24(33-34-28(25)30)22-5-2-3-7-26(22)38)15-16-37(20)27-9-8-21(18-29)23(32-27)6-4-12-35-14-11-31-19-35/h2-3,5,7-9,11,14,17,19-20,38H,10,12-13,15-16H2,1H3,(H2,30,34)/t20-/m0/s1. The molecule has 0 unspecified atom stereocenters. The quantitative estimate of drug-likeness (QED) is 0.401. The van der Waals surface area contributed by atoms with Gasteiger partial charge in [0.15, 0.2) is 5.82 Å². The fourth-order valence-electron chi connectivity index (χ4n) is 4.50. The zero-order chi connectivity index (χ0) is 26.5. The third-order valence-electron chi connectivity index (χ3n) is 6.60. The average molecular weight is 506 g/mol. The second kappa shape index (κ2) is 10.9. The summed E-state index contributed by atoms with van der Waals surface area (Å²) in [7, 11) is 0. The number of rotatable bonds is 4. The minimum absolute atomic E-state index is 0.143. The number of anilines is 3. The van der Waals surface area contributed by atoms with Crippen molar-refractivity contribution < 1.29 is 5.11 Å². The maximum atomic E-state index is 10.3. The Hall–Kier alpha value is -5.09. The highest BCUT2D eigenvalue weighted by atomic mass is 16.3. The first-order chi connectivity index (χ1) is 18.5. The van der Waals surface area contributed by atoms with Crippen LogP contribution in [0.15, 0.2) is 61.2 Å². The molecule has 0 amide bonds. The molecular formula is C28H27N9O. The van der Waals surface area contributed by atoms with Gasteiger partial charge in [0.05, 0.1) is 29.8 Å². The van der Waals surface area contributed by atoms with Gasteiger partial charge in [0.2, 0.25) is 0 Å². The number of aromatic hydroxyl groups is 1. The van der Waals surface area contributed by atoms with Crippen LogP contribution < -0.4 is 15.5 Å². The Morgan fingerprint density at radius 1 is 1.13 bits per heavy atom. The highest BCUT2D eigenvalue weighted by Gasteiger charge is 2.24. The molecule has 3 N–H and O–H groups in total. The monoisotopic (exact) mass is 505 g/mol. The summed E-state index contributed by atoms with van der Waals surface area (Å²) in [5.74, 6) is 7.40. The van der Waals surface area contributed by atoms with Gasteiger partial charge in [-0.05, 0) is 49.6 Å². The Kier molecular flexibility index (Phi) is 7.05. The first-order valence-corrected chi connectivity index (χ1v) is 12.3. The summed E-state index contributed by atoms with van der Waals surface area (Å²) in [5.41, 5.74) is 9.11. The van der Waals surface area contributed by atoms with Crippen LogP contribution in [0.5, 0.6) is 5.75 Å². The lowest BCUT2D eigenvalue weighted by Gasteiger charge is -2.28. The molecule has 38 heavy (non-hydrogen) atoms. The summed E-state index contributed by atoms with van der Waals surface area (Å²) >= 11 is 0. The van der Waals surface area contributed by atoms with E-state index in [-0.39, 0.29) is 11.8 Å². The molecule has 4 aromatic rings. The number of para-hydroxylation sites is 1. The Balaban J connectivity index is 1.37. The summed E-state index contributed by atoms with van der Waals surface area (Å²) in [6.07, 6.45) is 6.10. The van der Waals surface area contributed by atoms with Gasteiger partial charge in [-0.25, -0.2) is 9.97 Å². The Bertz CT molecular complexity index is 1530. The van der Waals surface area contributed by atoms with Crippen LogP contribution in [0.1, 0.15) is 24.6 Å². The van der Waals surface area contributed by atoms with Crippen molar-refractivity contribution in [1.82, 2.24) is 24.7 Å². The van der Waals surface area contributed by atoms with E-state index in [9.17, 15) is 10.4 Å². The number of nitrogens with zero attached hydrogens (tertiary/aromatic N) is 8. The molecule has 0 radical (unpaired) electrons. The number of phenolic OH excluding ortho intramolecular Hbond substituents is 1. The Morgan fingerprint density at radius 3 is 2.79 bits per heavy atom. The van der Waals surface area contributed by atoms with Gasteiger partial charge in [-0.1, -0.05) is 18.1 Å². The number of phenols is 1. The zero-order valence-electron chi connectivity index (χ0n) is 21.0. The van der Waals surface area contributed by atoms with Crippen LogP contribution in [-0.2, 0) is 6.54 Å². The molecule has 190 valence electrons. The predicted molar refractivity (Wildman–Crippen MR) is 145 cm³/mol. The number of nitrogen functional groups attached to an aromatic ring is 1. The van der Waals surface area contributed by atoms with Gasteiger partial charge in [0, 0.05) is 43.6 Å². The van der Waals surface area contributed by atoms with Crippen molar-refractivity contribution in [2.45, 2.75) is 25.9 Å². The van der Waals surface area contributed by atoms with Gasteiger partial charge in [-0.2, -0.15) is 5.26 Å². The second-order valence-corrected chi connectivity index (χ2v) is 9.05. The van der Waals surface area contributed by atoms with Crippen LogP contribution in [0.3, 0.4) is 0 Å². The van der Waals surface area contributed by atoms with E-state index in [0.29, 0.717) is 48.0 Å². The SMILES string of the molecule is C[C@H]1CCN(c2cc(-c3ccccc3O)nnc2N)CCN1c1ccc(C#N)c(C#CCn2ccnc2)n1. The van der Waals surface area contributed by atoms with E-state index in [1.54, 1.807) is 36.8 Å². The van der Waals surface area contributed by atoms with E-state index in [1.807, 2.05) is 29.0 Å². The number of imidazole rings is 1. The van der Waals surface area contributed by atoms with Crippen molar-refractivity contribution in [2.75, 3.05) is 35.2 Å². The van der Waals surface area contributed by atoms with Gasteiger partial charge in [0.25, 0.3) is 0 Å². The van der Waals surface area contributed by atoms with Crippen molar-refractivity contribution in [1.29, 1.82) is 5.26 Å². The predicted octanol–water partition coefficient (Wildman–Crippen LogP) is 3.05. The molecule has 1 atom stereocenters. The van der Waals surface area contributed by atoms with Crippen molar-refractivity contribution in [3.63, 3.8) is 0 Å². The minimum atomic E-state index is 0.143. The van der Waals surface area contributed by atoms with Crippen LogP contribution in [-0.4, -0.2) is 55.5 Å².